The van der Waals surface area contributed by atoms with Gasteiger partial charge in [-0.1, -0.05) is 6.08 Å². The third-order valence-corrected chi connectivity index (χ3v) is 3.45. The fourth-order valence-corrected chi connectivity index (χ4v) is 2.42. The lowest BCUT2D eigenvalue weighted by Gasteiger charge is -2.24. The van der Waals surface area contributed by atoms with Gasteiger partial charge in [0.2, 0.25) is 0 Å². The van der Waals surface area contributed by atoms with Crippen molar-refractivity contribution in [2.45, 2.75) is 51.6 Å². The molecule has 0 bridgehead atoms. The van der Waals surface area contributed by atoms with Crippen LogP contribution < -0.4 is 4.90 Å². The SMILES string of the molecule is C=CCC[C@@](C)(C#CC[NH+]1CCCCC1)OC(C)=O. The summed E-state index contributed by atoms with van der Waals surface area (Å²) in [5.74, 6) is 6.09. The lowest BCUT2D eigenvalue weighted by atomic mass is 10.0. The summed E-state index contributed by atoms with van der Waals surface area (Å²) in [4.78, 5) is 12.7. The number of ether oxygens (including phenoxy) is 1. The standard InChI is InChI=1S/C16H25NO2/c1-4-5-10-16(3,19-15(2)18)11-9-14-17-12-7-6-8-13-17/h4H,1,5-8,10,12-14H2,2-3H3/p+1/t16-/m0/s1. The van der Waals surface area contributed by atoms with E-state index in [0.717, 1.165) is 13.0 Å². The number of carbonyl (C=O) groups excluding carboxylic acids is 1. The van der Waals surface area contributed by atoms with Crippen molar-refractivity contribution in [1.82, 2.24) is 0 Å². The third kappa shape index (κ3) is 6.45. The normalized spacial score (nSPS) is 18.8. The number of likely N-dealkylation sites (tertiary alicyclic amines) is 1. The van der Waals surface area contributed by atoms with E-state index in [0.29, 0.717) is 6.42 Å². The van der Waals surface area contributed by atoms with E-state index in [1.54, 1.807) is 4.90 Å². The van der Waals surface area contributed by atoms with Gasteiger partial charge in [-0.2, -0.15) is 0 Å². The van der Waals surface area contributed by atoms with Crippen LogP contribution in [0.3, 0.4) is 0 Å². The van der Waals surface area contributed by atoms with E-state index in [-0.39, 0.29) is 5.97 Å². The molecule has 3 nitrogen and oxygen atoms in total. The van der Waals surface area contributed by atoms with E-state index in [2.05, 4.69) is 18.4 Å². The predicted molar refractivity (Wildman–Crippen MR) is 76.8 cm³/mol. The Morgan fingerprint density at radius 1 is 1.42 bits per heavy atom. The Morgan fingerprint density at radius 3 is 2.68 bits per heavy atom. The number of allylic oxidation sites excluding steroid dienone is 1. The van der Waals surface area contributed by atoms with Crippen LogP contribution in [0, 0.1) is 11.8 Å². The number of carbonyl (C=O) groups is 1. The maximum Gasteiger partial charge on any atom is 0.304 e. The minimum absolute atomic E-state index is 0.272. The second-order valence-electron chi connectivity index (χ2n) is 5.44. The van der Waals surface area contributed by atoms with E-state index in [4.69, 9.17) is 4.74 Å². The van der Waals surface area contributed by atoms with E-state index in [1.807, 2.05) is 13.0 Å². The molecule has 1 heterocycles. The number of rotatable bonds is 5. The molecular weight excluding hydrogens is 238 g/mol. The number of esters is 1. The maximum atomic E-state index is 11.2. The molecule has 0 aliphatic carbocycles. The average molecular weight is 264 g/mol. The molecule has 1 atom stereocenters. The Hall–Kier alpha value is -1.27. The zero-order valence-corrected chi connectivity index (χ0v) is 12.3. The number of hydrogen-bond acceptors (Lipinski definition) is 2. The molecule has 0 amide bonds. The van der Waals surface area contributed by atoms with Crippen LogP contribution in [0.2, 0.25) is 0 Å². The molecule has 0 aromatic heterocycles. The topological polar surface area (TPSA) is 30.7 Å². The highest BCUT2D eigenvalue weighted by atomic mass is 16.6. The van der Waals surface area contributed by atoms with E-state index in [1.165, 1.54) is 39.3 Å². The van der Waals surface area contributed by atoms with Gasteiger partial charge >= 0.3 is 5.97 Å². The smallest absolute Gasteiger partial charge is 0.304 e. The summed E-state index contributed by atoms with van der Waals surface area (Å²) in [7, 11) is 0. The van der Waals surface area contributed by atoms with E-state index in [9.17, 15) is 4.79 Å². The molecule has 1 aliphatic heterocycles. The fraction of sp³-hybridized carbons (Fsp3) is 0.688. The summed E-state index contributed by atoms with van der Waals surface area (Å²) in [5, 5.41) is 0. The number of hydrogen-bond donors (Lipinski definition) is 1. The molecule has 0 saturated carbocycles. The van der Waals surface area contributed by atoms with Crippen LogP contribution in [-0.2, 0) is 9.53 Å². The Labute approximate surface area is 117 Å². The van der Waals surface area contributed by atoms with Gasteiger partial charge in [0, 0.05) is 13.3 Å². The lowest BCUT2D eigenvalue weighted by molar-refractivity contribution is -0.897. The first-order chi connectivity index (χ1) is 9.06. The lowest BCUT2D eigenvalue weighted by Crippen LogP contribution is -3.12. The Balaban J connectivity index is 2.54. The molecule has 0 aromatic carbocycles. The van der Waals surface area contributed by atoms with Gasteiger partial charge in [-0.25, -0.2) is 0 Å². The molecule has 0 aromatic rings. The van der Waals surface area contributed by atoms with Gasteiger partial charge in [-0.15, -0.1) is 6.58 Å². The molecule has 3 heteroatoms. The van der Waals surface area contributed by atoms with Crippen molar-refractivity contribution in [1.29, 1.82) is 0 Å². The molecule has 19 heavy (non-hydrogen) atoms. The summed E-state index contributed by atoms with van der Waals surface area (Å²) in [5.41, 5.74) is -0.671. The summed E-state index contributed by atoms with van der Waals surface area (Å²) in [6.07, 6.45) is 7.29. The van der Waals surface area contributed by atoms with Gasteiger partial charge in [0.25, 0.3) is 0 Å². The minimum atomic E-state index is -0.671. The van der Waals surface area contributed by atoms with Crippen LogP contribution in [0.4, 0.5) is 0 Å². The molecule has 0 unspecified atom stereocenters. The number of nitrogens with one attached hydrogen (secondary N) is 1. The molecule has 1 saturated heterocycles. The molecule has 1 aliphatic rings. The van der Waals surface area contributed by atoms with Crippen molar-refractivity contribution in [2.24, 2.45) is 0 Å². The van der Waals surface area contributed by atoms with Gasteiger partial charge in [0.05, 0.1) is 13.1 Å². The molecular formula is C16H26NO2+. The third-order valence-electron chi connectivity index (χ3n) is 3.45. The second kappa shape index (κ2) is 8.01. The van der Waals surface area contributed by atoms with Gasteiger partial charge in [0.15, 0.2) is 5.60 Å². The van der Waals surface area contributed by atoms with Gasteiger partial charge in [-0.3, -0.25) is 4.79 Å². The summed E-state index contributed by atoms with van der Waals surface area (Å²) < 4.78 is 5.36. The summed E-state index contributed by atoms with van der Waals surface area (Å²) in [6, 6.07) is 0. The van der Waals surface area contributed by atoms with Gasteiger partial charge in [-0.05, 0) is 44.4 Å². The predicted octanol–water partition coefficient (Wildman–Crippen LogP) is 1.35. The van der Waals surface area contributed by atoms with Crippen LogP contribution in [0.15, 0.2) is 12.7 Å². The first kappa shape index (κ1) is 15.8. The maximum absolute atomic E-state index is 11.2. The number of piperidine rings is 1. The van der Waals surface area contributed by atoms with Crippen LogP contribution in [0.25, 0.3) is 0 Å². The molecule has 1 N–H and O–H groups in total. The van der Waals surface area contributed by atoms with Crippen molar-refractivity contribution >= 4 is 5.97 Å². The molecule has 1 rings (SSSR count). The van der Waals surface area contributed by atoms with E-state index < -0.39 is 5.60 Å². The molecule has 0 radical (unpaired) electrons. The Morgan fingerprint density at radius 2 is 2.11 bits per heavy atom. The second-order valence-corrected chi connectivity index (χ2v) is 5.44. The quantitative estimate of drug-likeness (QED) is 0.461. The van der Waals surface area contributed by atoms with Gasteiger partial charge in [0.1, 0.15) is 6.54 Å². The van der Waals surface area contributed by atoms with Crippen molar-refractivity contribution in [2.75, 3.05) is 19.6 Å². The van der Waals surface area contributed by atoms with E-state index >= 15 is 0 Å². The monoisotopic (exact) mass is 264 g/mol. The number of quaternary nitrogens is 1. The van der Waals surface area contributed by atoms with Crippen molar-refractivity contribution < 1.29 is 14.4 Å². The Kier molecular flexibility index (Phi) is 6.66. The average Bonchev–Trinajstić information content (AvgIpc) is 2.37. The zero-order chi connectivity index (χ0) is 14.1. The fourth-order valence-electron chi connectivity index (χ4n) is 2.42. The highest BCUT2D eigenvalue weighted by molar-refractivity contribution is 5.67. The summed E-state index contributed by atoms with van der Waals surface area (Å²) in [6.45, 7) is 10.3. The summed E-state index contributed by atoms with van der Waals surface area (Å²) >= 11 is 0. The van der Waals surface area contributed by atoms with Crippen molar-refractivity contribution in [3.8, 4) is 11.8 Å². The van der Waals surface area contributed by atoms with Gasteiger partial charge < -0.3 is 9.64 Å². The van der Waals surface area contributed by atoms with Crippen molar-refractivity contribution in [3.05, 3.63) is 12.7 Å². The highest BCUT2D eigenvalue weighted by Crippen LogP contribution is 2.17. The largest absolute Gasteiger partial charge is 0.446 e. The zero-order valence-electron chi connectivity index (χ0n) is 12.3. The van der Waals surface area contributed by atoms with Crippen LogP contribution in [-0.4, -0.2) is 31.2 Å². The van der Waals surface area contributed by atoms with Crippen LogP contribution in [0.1, 0.15) is 46.0 Å². The Bertz CT molecular complexity index is 361. The van der Waals surface area contributed by atoms with Crippen LogP contribution >= 0.6 is 0 Å². The minimum Gasteiger partial charge on any atom is -0.446 e. The first-order valence-corrected chi connectivity index (χ1v) is 7.20. The highest BCUT2D eigenvalue weighted by Gasteiger charge is 2.24. The molecule has 1 fully saturated rings. The van der Waals surface area contributed by atoms with Crippen LogP contribution in [0.5, 0.6) is 0 Å². The van der Waals surface area contributed by atoms with Crippen molar-refractivity contribution in [3.63, 3.8) is 0 Å². The molecule has 0 spiro atoms. The first-order valence-electron chi connectivity index (χ1n) is 7.20. The molecule has 106 valence electrons.